The van der Waals surface area contributed by atoms with Crippen LogP contribution in [0.4, 0.5) is 0 Å². The third-order valence-corrected chi connectivity index (χ3v) is 3.57. The van der Waals surface area contributed by atoms with E-state index in [0.29, 0.717) is 0 Å². The maximum absolute atomic E-state index is 11.3. The highest BCUT2D eigenvalue weighted by Gasteiger charge is 2.20. The molecule has 112 valence electrons. The third-order valence-electron chi connectivity index (χ3n) is 3.57. The van der Waals surface area contributed by atoms with Crippen LogP contribution in [0.2, 0.25) is 0 Å². The van der Waals surface area contributed by atoms with Gasteiger partial charge in [0.25, 0.3) is 0 Å². The molecule has 0 fully saturated rings. The number of primary amides is 1. The number of aliphatic hydroxyl groups excluding tert-OH is 1. The van der Waals surface area contributed by atoms with Gasteiger partial charge in [-0.1, -0.05) is 31.2 Å². The lowest BCUT2D eigenvalue weighted by Crippen LogP contribution is -2.27. The van der Waals surface area contributed by atoms with Crippen molar-refractivity contribution in [3.05, 3.63) is 35.4 Å². The van der Waals surface area contributed by atoms with E-state index in [9.17, 15) is 9.90 Å². The zero-order chi connectivity index (χ0) is 15.3. The zero-order valence-corrected chi connectivity index (χ0v) is 12.8. The van der Waals surface area contributed by atoms with E-state index in [4.69, 9.17) is 5.73 Å². The molecule has 1 amide bonds. The molecule has 20 heavy (non-hydrogen) atoms. The van der Waals surface area contributed by atoms with Gasteiger partial charge in [0.15, 0.2) is 0 Å². The van der Waals surface area contributed by atoms with E-state index in [1.165, 1.54) is 0 Å². The minimum Gasteiger partial charge on any atom is -0.389 e. The molecule has 0 saturated heterocycles. The topological polar surface area (TPSA) is 66.6 Å². The first kappa shape index (κ1) is 16.7. The van der Waals surface area contributed by atoms with Crippen LogP contribution in [0.15, 0.2) is 24.3 Å². The van der Waals surface area contributed by atoms with Gasteiger partial charge in [0.2, 0.25) is 5.91 Å². The molecule has 1 aromatic rings. The molecule has 0 bridgehead atoms. The van der Waals surface area contributed by atoms with Gasteiger partial charge < -0.3 is 15.7 Å². The van der Waals surface area contributed by atoms with Crippen LogP contribution in [-0.2, 0) is 4.79 Å². The minimum atomic E-state index is -0.483. The fraction of sp³-hybridized carbons (Fsp3) is 0.562. The number of hydrogen-bond acceptors (Lipinski definition) is 3. The summed E-state index contributed by atoms with van der Waals surface area (Å²) in [6.07, 6.45) is 0.236. The molecule has 1 aromatic carbocycles. The summed E-state index contributed by atoms with van der Waals surface area (Å²) < 4.78 is 0. The summed E-state index contributed by atoms with van der Waals surface area (Å²) in [6.45, 7) is 4.47. The smallest absolute Gasteiger partial charge is 0.220 e. The van der Waals surface area contributed by atoms with Crippen molar-refractivity contribution in [2.45, 2.75) is 32.3 Å². The van der Waals surface area contributed by atoms with E-state index in [1.807, 2.05) is 45.3 Å². The summed E-state index contributed by atoms with van der Waals surface area (Å²) >= 11 is 0. The molecule has 4 heteroatoms. The second-order valence-corrected chi connectivity index (χ2v) is 5.84. The maximum Gasteiger partial charge on any atom is 0.220 e. The molecule has 0 heterocycles. The van der Waals surface area contributed by atoms with Crippen molar-refractivity contribution in [3.63, 3.8) is 0 Å². The quantitative estimate of drug-likeness (QED) is 0.800. The molecule has 0 radical (unpaired) electrons. The molecule has 0 spiro atoms. The molecular weight excluding hydrogens is 252 g/mol. The highest BCUT2D eigenvalue weighted by molar-refractivity contribution is 5.76. The predicted octanol–water partition coefficient (Wildman–Crippen LogP) is 1.90. The van der Waals surface area contributed by atoms with Crippen LogP contribution in [0, 0.1) is 5.92 Å². The van der Waals surface area contributed by atoms with Crippen molar-refractivity contribution < 1.29 is 9.90 Å². The van der Waals surface area contributed by atoms with Gasteiger partial charge in [-0.2, -0.15) is 0 Å². The molecule has 0 saturated carbocycles. The Morgan fingerprint density at radius 3 is 2.40 bits per heavy atom. The Balaban J connectivity index is 2.97. The molecule has 1 rings (SSSR count). The number of amides is 1. The van der Waals surface area contributed by atoms with E-state index in [-0.39, 0.29) is 17.7 Å². The number of nitrogens with zero attached hydrogens (tertiary/aromatic N) is 1. The van der Waals surface area contributed by atoms with Crippen molar-refractivity contribution in [1.29, 1.82) is 0 Å². The molecule has 0 aliphatic rings. The van der Waals surface area contributed by atoms with Crippen LogP contribution in [0.1, 0.15) is 43.4 Å². The first-order chi connectivity index (χ1) is 9.31. The Kier molecular flexibility index (Phi) is 6.17. The van der Waals surface area contributed by atoms with Gasteiger partial charge in [0.05, 0.1) is 6.10 Å². The number of likely N-dealkylation sites (N-methyl/N-ethyl adjacent to an activating group) is 1. The second kappa shape index (κ2) is 7.41. The lowest BCUT2D eigenvalue weighted by molar-refractivity contribution is -0.121. The molecule has 0 aliphatic heterocycles. The minimum absolute atomic E-state index is 0.157. The van der Waals surface area contributed by atoms with E-state index >= 15 is 0 Å². The summed E-state index contributed by atoms with van der Waals surface area (Å²) in [4.78, 5) is 13.4. The number of aliphatic hydroxyl groups is 1. The van der Waals surface area contributed by atoms with Gasteiger partial charge in [-0.25, -0.2) is 0 Å². The highest BCUT2D eigenvalue weighted by Crippen LogP contribution is 2.26. The maximum atomic E-state index is 11.3. The summed E-state index contributed by atoms with van der Waals surface area (Å²) in [5.74, 6) is -0.193. The monoisotopic (exact) mass is 278 g/mol. The number of rotatable bonds is 7. The van der Waals surface area contributed by atoms with Crippen molar-refractivity contribution >= 4 is 5.91 Å². The normalized spacial score (nSPS) is 15.9. The van der Waals surface area contributed by atoms with Gasteiger partial charge in [-0.05, 0) is 44.5 Å². The Morgan fingerprint density at radius 2 is 1.90 bits per heavy atom. The first-order valence-corrected chi connectivity index (χ1v) is 7.03. The molecule has 3 N–H and O–H groups in total. The Labute approximate surface area is 121 Å². The van der Waals surface area contributed by atoms with Crippen LogP contribution in [0.5, 0.6) is 0 Å². The van der Waals surface area contributed by atoms with Crippen molar-refractivity contribution in [2.75, 3.05) is 20.6 Å². The standard InChI is InChI=1S/C16H26N2O2/c1-11(16(17)20)8-15(10-18(3)4)14-7-5-6-13(9-14)12(2)19/h5-7,9,11-12,15,19H,8,10H2,1-4H3,(H2,17,20). The summed E-state index contributed by atoms with van der Waals surface area (Å²) in [7, 11) is 4.03. The third kappa shape index (κ3) is 4.94. The van der Waals surface area contributed by atoms with Gasteiger partial charge >= 0.3 is 0 Å². The second-order valence-electron chi connectivity index (χ2n) is 5.84. The SMILES string of the molecule is CC(CC(CN(C)C)c1cccc(C(C)O)c1)C(N)=O. The summed E-state index contributed by atoms with van der Waals surface area (Å²) in [5.41, 5.74) is 7.42. The average molecular weight is 278 g/mol. The average Bonchev–Trinajstić information content (AvgIpc) is 2.37. The molecule has 3 atom stereocenters. The van der Waals surface area contributed by atoms with Crippen LogP contribution in [0.3, 0.4) is 0 Å². The zero-order valence-electron chi connectivity index (χ0n) is 12.8. The number of carbonyl (C=O) groups is 1. The molecule has 4 nitrogen and oxygen atoms in total. The van der Waals surface area contributed by atoms with E-state index in [0.717, 1.165) is 24.1 Å². The van der Waals surface area contributed by atoms with Gasteiger partial charge in [-0.3, -0.25) is 4.79 Å². The van der Waals surface area contributed by atoms with Crippen molar-refractivity contribution in [2.24, 2.45) is 11.7 Å². The van der Waals surface area contributed by atoms with Crippen LogP contribution < -0.4 is 5.73 Å². The molecule has 3 unspecified atom stereocenters. The number of nitrogens with two attached hydrogens (primary N) is 1. The Hall–Kier alpha value is -1.39. The highest BCUT2D eigenvalue weighted by atomic mass is 16.3. The first-order valence-electron chi connectivity index (χ1n) is 7.03. The Morgan fingerprint density at radius 1 is 1.30 bits per heavy atom. The lowest BCUT2D eigenvalue weighted by Gasteiger charge is -2.24. The number of carbonyl (C=O) groups excluding carboxylic acids is 1. The largest absolute Gasteiger partial charge is 0.389 e. The van der Waals surface area contributed by atoms with E-state index < -0.39 is 6.10 Å². The van der Waals surface area contributed by atoms with Gasteiger partial charge in [-0.15, -0.1) is 0 Å². The van der Waals surface area contributed by atoms with Gasteiger partial charge in [0, 0.05) is 12.5 Å². The van der Waals surface area contributed by atoms with Crippen molar-refractivity contribution in [3.8, 4) is 0 Å². The van der Waals surface area contributed by atoms with Crippen LogP contribution in [-0.4, -0.2) is 36.6 Å². The van der Waals surface area contributed by atoms with Crippen LogP contribution >= 0.6 is 0 Å². The Bertz CT molecular complexity index is 444. The van der Waals surface area contributed by atoms with Crippen molar-refractivity contribution in [1.82, 2.24) is 4.90 Å². The van der Waals surface area contributed by atoms with Gasteiger partial charge in [0.1, 0.15) is 0 Å². The molecule has 0 aromatic heterocycles. The fourth-order valence-corrected chi connectivity index (χ4v) is 2.37. The van der Waals surface area contributed by atoms with E-state index in [2.05, 4.69) is 4.90 Å². The molecular formula is C16H26N2O2. The number of hydrogen-bond donors (Lipinski definition) is 2. The fourth-order valence-electron chi connectivity index (χ4n) is 2.37. The number of benzene rings is 1. The lowest BCUT2D eigenvalue weighted by atomic mass is 9.87. The molecule has 0 aliphatic carbocycles. The summed E-state index contributed by atoms with van der Waals surface area (Å²) in [6, 6.07) is 7.94. The van der Waals surface area contributed by atoms with Crippen LogP contribution in [0.25, 0.3) is 0 Å². The summed E-state index contributed by atoms with van der Waals surface area (Å²) in [5, 5.41) is 9.70. The van der Waals surface area contributed by atoms with E-state index in [1.54, 1.807) is 6.92 Å². The predicted molar refractivity (Wildman–Crippen MR) is 81.3 cm³/mol.